The second-order valence-corrected chi connectivity index (χ2v) is 6.79. The molecule has 2 heterocycles. The first kappa shape index (κ1) is 18.4. The Labute approximate surface area is 158 Å². The summed E-state index contributed by atoms with van der Waals surface area (Å²) in [6, 6.07) is 9.15. The Morgan fingerprint density at radius 1 is 1.15 bits per heavy atom. The Morgan fingerprint density at radius 3 is 2.65 bits per heavy atom. The third-order valence-corrected chi connectivity index (χ3v) is 5.46. The number of hydrogen-bond donors (Lipinski definition) is 2. The van der Waals surface area contributed by atoms with Gasteiger partial charge in [0.05, 0.1) is 5.41 Å². The normalized spacial score (nSPS) is 21.3. The maximum atomic E-state index is 13.1. The molecular weight excluding hydrogens is 350 g/mol. The third-order valence-electron chi connectivity index (χ3n) is 5.46. The SMILES string of the molecule is O=C(NO)c1ccc2c(c1)CC[C@@]1(CCN(c3ccncc3)C1=O)C2.S. The number of hydroxylamine groups is 1. The van der Waals surface area contributed by atoms with E-state index in [9.17, 15) is 9.59 Å². The number of nitrogens with zero attached hydrogens (tertiary/aromatic N) is 2. The summed E-state index contributed by atoms with van der Waals surface area (Å²) in [4.78, 5) is 30.6. The molecule has 1 aromatic carbocycles. The predicted molar refractivity (Wildman–Crippen MR) is 102 cm³/mol. The summed E-state index contributed by atoms with van der Waals surface area (Å²) in [5.41, 5.74) is 4.85. The van der Waals surface area contributed by atoms with Gasteiger partial charge in [-0.1, -0.05) is 6.07 Å². The van der Waals surface area contributed by atoms with E-state index in [2.05, 4.69) is 4.98 Å². The van der Waals surface area contributed by atoms with Crippen molar-refractivity contribution in [3.8, 4) is 0 Å². The second kappa shape index (κ2) is 7.09. The van der Waals surface area contributed by atoms with Gasteiger partial charge in [-0.15, -0.1) is 0 Å². The van der Waals surface area contributed by atoms with Gasteiger partial charge in [0.2, 0.25) is 5.91 Å². The van der Waals surface area contributed by atoms with Crippen molar-refractivity contribution in [1.29, 1.82) is 0 Å². The van der Waals surface area contributed by atoms with Crippen molar-refractivity contribution in [3.05, 3.63) is 59.4 Å². The average Bonchev–Trinajstić information content (AvgIpc) is 2.97. The number of pyridine rings is 1. The van der Waals surface area contributed by atoms with Gasteiger partial charge < -0.3 is 4.90 Å². The van der Waals surface area contributed by atoms with E-state index in [1.807, 2.05) is 29.2 Å². The summed E-state index contributed by atoms with van der Waals surface area (Å²) in [5, 5.41) is 8.78. The molecule has 26 heavy (non-hydrogen) atoms. The largest absolute Gasteiger partial charge is 0.312 e. The molecule has 6 nitrogen and oxygen atoms in total. The molecule has 0 bridgehead atoms. The van der Waals surface area contributed by atoms with Crippen LogP contribution in [0.15, 0.2) is 42.7 Å². The summed E-state index contributed by atoms with van der Waals surface area (Å²) < 4.78 is 0. The second-order valence-electron chi connectivity index (χ2n) is 6.79. The van der Waals surface area contributed by atoms with E-state index < -0.39 is 5.91 Å². The summed E-state index contributed by atoms with van der Waals surface area (Å²) in [6.07, 6.45) is 6.49. The zero-order chi connectivity index (χ0) is 17.4. The van der Waals surface area contributed by atoms with Gasteiger partial charge in [0, 0.05) is 30.2 Å². The molecule has 2 aromatic rings. The van der Waals surface area contributed by atoms with Gasteiger partial charge in [0.1, 0.15) is 0 Å². The number of amides is 2. The number of rotatable bonds is 2. The van der Waals surface area contributed by atoms with Crippen LogP contribution in [-0.2, 0) is 17.6 Å². The average molecular weight is 371 g/mol. The van der Waals surface area contributed by atoms with Crippen LogP contribution in [0.2, 0.25) is 0 Å². The fourth-order valence-corrected chi connectivity index (χ4v) is 4.05. The van der Waals surface area contributed by atoms with E-state index in [1.165, 1.54) is 0 Å². The van der Waals surface area contributed by atoms with Crippen molar-refractivity contribution >= 4 is 31.0 Å². The lowest BCUT2D eigenvalue weighted by Crippen LogP contribution is -2.38. The Balaban J connectivity index is 0.00000196. The Morgan fingerprint density at radius 2 is 1.92 bits per heavy atom. The number of aromatic nitrogens is 1. The van der Waals surface area contributed by atoms with Crippen molar-refractivity contribution in [3.63, 3.8) is 0 Å². The molecule has 7 heteroatoms. The topological polar surface area (TPSA) is 82.5 Å². The van der Waals surface area contributed by atoms with Crippen LogP contribution in [-0.4, -0.2) is 28.6 Å². The van der Waals surface area contributed by atoms with Crippen LogP contribution in [0.5, 0.6) is 0 Å². The zero-order valence-electron chi connectivity index (χ0n) is 14.2. The molecule has 1 aliphatic carbocycles. The monoisotopic (exact) mass is 371 g/mol. The molecule has 1 aromatic heterocycles. The maximum absolute atomic E-state index is 13.1. The Kier molecular flexibility index (Phi) is 5.02. The fourth-order valence-electron chi connectivity index (χ4n) is 4.05. The van der Waals surface area contributed by atoms with E-state index in [1.54, 1.807) is 23.9 Å². The van der Waals surface area contributed by atoms with E-state index in [0.717, 1.165) is 42.6 Å². The van der Waals surface area contributed by atoms with Crippen LogP contribution in [0, 0.1) is 5.41 Å². The highest BCUT2D eigenvalue weighted by Crippen LogP contribution is 2.45. The summed E-state index contributed by atoms with van der Waals surface area (Å²) >= 11 is 0. The molecule has 1 saturated heterocycles. The number of aryl methyl sites for hydroxylation is 1. The summed E-state index contributed by atoms with van der Waals surface area (Å²) in [6.45, 7) is 0.725. The molecule has 4 rings (SSSR count). The van der Waals surface area contributed by atoms with E-state index >= 15 is 0 Å². The van der Waals surface area contributed by atoms with Gasteiger partial charge in [-0.3, -0.25) is 19.8 Å². The highest BCUT2D eigenvalue weighted by atomic mass is 32.1. The predicted octanol–water partition coefficient (Wildman–Crippen LogP) is 2.23. The van der Waals surface area contributed by atoms with Crippen LogP contribution in [0.1, 0.15) is 34.3 Å². The molecule has 2 N–H and O–H groups in total. The molecule has 0 radical (unpaired) electrons. The minimum atomic E-state index is -0.510. The number of hydrogen-bond acceptors (Lipinski definition) is 4. The standard InChI is InChI=1S/C19H19N3O3.H2S/c23-17(21-25)14-1-2-15-12-19(6-3-13(15)11-14)7-10-22(18(19)24)16-4-8-20-9-5-16;/h1-2,4-5,8-9,11,25H,3,6-7,10,12H2,(H,21,23);1H2/t19-;/m1./s1. The van der Waals surface area contributed by atoms with E-state index in [4.69, 9.17) is 5.21 Å². The number of nitrogens with one attached hydrogen (secondary N) is 1. The Hall–Kier alpha value is -2.38. The zero-order valence-corrected chi connectivity index (χ0v) is 15.2. The summed E-state index contributed by atoms with van der Waals surface area (Å²) in [7, 11) is 0. The first-order valence-electron chi connectivity index (χ1n) is 8.41. The van der Waals surface area contributed by atoms with Gasteiger partial charge in [0.25, 0.3) is 5.91 Å². The molecule has 1 atom stereocenters. The van der Waals surface area contributed by atoms with Crippen LogP contribution in [0.3, 0.4) is 0 Å². The highest BCUT2D eigenvalue weighted by Gasteiger charge is 2.48. The van der Waals surface area contributed by atoms with Gasteiger partial charge in [-0.25, -0.2) is 5.48 Å². The third kappa shape index (κ3) is 2.97. The lowest BCUT2D eigenvalue weighted by molar-refractivity contribution is -0.126. The smallest absolute Gasteiger partial charge is 0.274 e. The van der Waals surface area contributed by atoms with Crippen LogP contribution in [0.4, 0.5) is 5.69 Å². The number of benzene rings is 1. The van der Waals surface area contributed by atoms with E-state index in [-0.39, 0.29) is 24.8 Å². The lowest BCUT2D eigenvalue weighted by atomic mass is 9.70. The first-order valence-corrected chi connectivity index (χ1v) is 8.41. The van der Waals surface area contributed by atoms with Gasteiger partial charge in [-0.05, 0) is 61.1 Å². The fraction of sp³-hybridized carbons (Fsp3) is 0.316. The van der Waals surface area contributed by atoms with Gasteiger partial charge in [-0.2, -0.15) is 13.5 Å². The van der Waals surface area contributed by atoms with Crippen molar-refractivity contribution in [2.75, 3.05) is 11.4 Å². The van der Waals surface area contributed by atoms with Crippen LogP contribution < -0.4 is 10.4 Å². The van der Waals surface area contributed by atoms with Crippen molar-refractivity contribution in [2.24, 2.45) is 5.41 Å². The van der Waals surface area contributed by atoms with Crippen LogP contribution >= 0.6 is 13.5 Å². The van der Waals surface area contributed by atoms with Gasteiger partial charge in [0.15, 0.2) is 0 Å². The maximum Gasteiger partial charge on any atom is 0.274 e. The first-order chi connectivity index (χ1) is 12.1. The molecule has 2 aliphatic rings. The lowest BCUT2D eigenvalue weighted by Gasteiger charge is -2.33. The minimum Gasteiger partial charge on any atom is -0.312 e. The molecule has 1 aliphatic heterocycles. The summed E-state index contributed by atoms with van der Waals surface area (Å²) in [5.74, 6) is -0.328. The molecule has 0 unspecified atom stereocenters. The van der Waals surface area contributed by atoms with Gasteiger partial charge >= 0.3 is 0 Å². The van der Waals surface area contributed by atoms with Crippen molar-refractivity contribution < 1.29 is 14.8 Å². The number of fused-ring (bicyclic) bond motifs is 1. The molecular formula is C19H21N3O3S. The number of carbonyl (C=O) groups is 2. The molecule has 0 saturated carbocycles. The molecule has 2 amide bonds. The van der Waals surface area contributed by atoms with E-state index in [0.29, 0.717) is 12.0 Å². The van der Waals surface area contributed by atoms with Crippen LogP contribution in [0.25, 0.3) is 0 Å². The van der Waals surface area contributed by atoms with Crippen molar-refractivity contribution in [1.82, 2.24) is 10.5 Å². The minimum absolute atomic E-state index is 0. The quantitative estimate of drug-likeness (QED) is 0.626. The Bertz CT molecular complexity index is 843. The number of carbonyl (C=O) groups excluding carboxylic acids is 2. The van der Waals surface area contributed by atoms with Crippen molar-refractivity contribution in [2.45, 2.75) is 25.7 Å². The molecule has 136 valence electrons. The number of anilines is 1. The molecule has 1 fully saturated rings. The molecule has 1 spiro atoms. The highest BCUT2D eigenvalue weighted by molar-refractivity contribution is 7.59.